The summed E-state index contributed by atoms with van der Waals surface area (Å²) in [6.45, 7) is 1.59. The number of nitrogens with one attached hydrogen (secondary N) is 2. The van der Waals surface area contributed by atoms with Crippen LogP contribution in [-0.4, -0.2) is 29.9 Å². The first kappa shape index (κ1) is 18.3. The average molecular weight is 372 g/mol. The van der Waals surface area contributed by atoms with Gasteiger partial charge in [0.2, 0.25) is 5.91 Å². The van der Waals surface area contributed by atoms with Gasteiger partial charge in [0.15, 0.2) is 0 Å². The molecule has 0 bridgehead atoms. The molecule has 0 saturated carbocycles. The van der Waals surface area contributed by atoms with Gasteiger partial charge in [-0.25, -0.2) is 4.79 Å². The number of carbonyl (C=O) groups is 2. The lowest BCUT2D eigenvalue weighted by atomic mass is 9.96. The van der Waals surface area contributed by atoms with Crippen molar-refractivity contribution >= 4 is 29.2 Å². The second-order valence-electron chi connectivity index (χ2n) is 6.41. The first-order valence-electron chi connectivity index (χ1n) is 8.75. The molecule has 2 aromatic carbocycles. The number of urea groups is 1. The summed E-state index contributed by atoms with van der Waals surface area (Å²) in [6, 6.07) is 16.8. The second-order valence-corrected chi connectivity index (χ2v) is 6.84. The number of anilines is 1. The van der Waals surface area contributed by atoms with Gasteiger partial charge in [-0.05, 0) is 42.7 Å². The maximum atomic E-state index is 12.3. The highest BCUT2D eigenvalue weighted by Crippen LogP contribution is 2.19. The van der Waals surface area contributed by atoms with Crippen molar-refractivity contribution in [1.82, 2.24) is 10.2 Å². The Bertz CT molecular complexity index is 759. The van der Waals surface area contributed by atoms with Crippen molar-refractivity contribution in [1.29, 1.82) is 0 Å². The van der Waals surface area contributed by atoms with Crippen LogP contribution in [0.5, 0.6) is 0 Å². The van der Waals surface area contributed by atoms with Crippen LogP contribution >= 0.6 is 11.6 Å². The van der Waals surface area contributed by atoms with Gasteiger partial charge in [-0.15, -0.1) is 0 Å². The number of para-hydroxylation sites is 1. The molecule has 1 fully saturated rings. The number of hydrogen-bond acceptors (Lipinski definition) is 2. The van der Waals surface area contributed by atoms with Crippen molar-refractivity contribution in [2.75, 3.05) is 18.4 Å². The van der Waals surface area contributed by atoms with Crippen molar-refractivity contribution < 1.29 is 9.59 Å². The molecule has 0 radical (unpaired) electrons. The number of halogens is 1. The van der Waals surface area contributed by atoms with Crippen molar-refractivity contribution in [3.05, 3.63) is 65.2 Å². The fourth-order valence-electron chi connectivity index (χ4n) is 3.05. The van der Waals surface area contributed by atoms with E-state index < -0.39 is 0 Å². The van der Waals surface area contributed by atoms with Crippen LogP contribution in [0.4, 0.5) is 10.5 Å². The Morgan fingerprint density at radius 1 is 1.04 bits per heavy atom. The molecule has 0 aliphatic carbocycles. The van der Waals surface area contributed by atoms with Crippen LogP contribution in [0.25, 0.3) is 0 Å². The lowest BCUT2D eigenvalue weighted by Crippen LogP contribution is -2.45. The number of hydrogen-bond donors (Lipinski definition) is 2. The van der Waals surface area contributed by atoms with E-state index in [2.05, 4.69) is 10.6 Å². The first-order chi connectivity index (χ1) is 12.6. The molecular weight excluding hydrogens is 350 g/mol. The molecule has 136 valence electrons. The molecule has 1 aliphatic rings. The molecule has 5 nitrogen and oxygen atoms in total. The molecule has 0 unspecified atom stereocenters. The Morgan fingerprint density at radius 3 is 2.46 bits per heavy atom. The van der Waals surface area contributed by atoms with E-state index in [0.717, 1.165) is 11.3 Å². The summed E-state index contributed by atoms with van der Waals surface area (Å²) in [6.07, 6.45) is 1.34. The van der Waals surface area contributed by atoms with Crippen molar-refractivity contribution in [3.8, 4) is 0 Å². The number of benzene rings is 2. The Balaban J connectivity index is 1.44. The molecule has 1 saturated heterocycles. The molecule has 0 spiro atoms. The number of nitrogens with zero attached hydrogens (tertiary/aromatic N) is 1. The van der Waals surface area contributed by atoms with Gasteiger partial charge in [-0.1, -0.05) is 41.9 Å². The van der Waals surface area contributed by atoms with E-state index >= 15 is 0 Å². The molecule has 3 amide bonds. The highest BCUT2D eigenvalue weighted by Gasteiger charge is 2.27. The summed E-state index contributed by atoms with van der Waals surface area (Å²) in [5.74, 6) is -0.0395. The minimum absolute atomic E-state index is 0.0233. The quantitative estimate of drug-likeness (QED) is 0.856. The van der Waals surface area contributed by atoms with Crippen LogP contribution in [0, 0.1) is 5.92 Å². The van der Waals surface area contributed by atoms with Crippen LogP contribution in [-0.2, 0) is 11.3 Å². The monoisotopic (exact) mass is 371 g/mol. The summed E-state index contributed by atoms with van der Waals surface area (Å²) >= 11 is 5.95. The van der Waals surface area contributed by atoms with Gasteiger partial charge in [-0.3, -0.25) is 4.79 Å². The zero-order valence-corrected chi connectivity index (χ0v) is 15.2. The summed E-state index contributed by atoms with van der Waals surface area (Å²) in [5, 5.41) is 6.50. The van der Waals surface area contributed by atoms with Gasteiger partial charge in [0, 0.05) is 36.3 Å². The molecule has 2 aromatic rings. The Labute approximate surface area is 158 Å². The Morgan fingerprint density at radius 2 is 1.77 bits per heavy atom. The fraction of sp³-hybridized carbons (Fsp3) is 0.300. The predicted molar refractivity (Wildman–Crippen MR) is 103 cm³/mol. The van der Waals surface area contributed by atoms with Gasteiger partial charge >= 0.3 is 6.03 Å². The average Bonchev–Trinajstić information content (AvgIpc) is 2.67. The van der Waals surface area contributed by atoms with E-state index in [-0.39, 0.29) is 17.9 Å². The topological polar surface area (TPSA) is 61.4 Å². The number of carbonyl (C=O) groups excluding carboxylic acids is 2. The van der Waals surface area contributed by atoms with E-state index in [1.807, 2.05) is 48.5 Å². The standard InChI is InChI=1S/C20H22ClN3O2/c21-17-6-4-5-15(13-17)14-22-20(26)24-11-9-16(10-12-24)19(25)23-18-7-2-1-3-8-18/h1-8,13,16H,9-12,14H2,(H,22,26)(H,23,25). The van der Waals surface area contributed by atoms with E-state index in [9.17, 15) is 9.59 Å². The molecule has 6 heteroatoms. The zero-order valence-electron chi connectivity index (χ0n) is 14.5. The molecule has 1 heterocycles. The maximum Gasteiger partial charge on any atom is 0.317 e. The lowest BCUT2D eigenvalue weighted by molar-refractivity contribution is -0.121. The van der Waals surface area contributed by atoms with Crippen molar-refractivity contribution in [3.63, 3.8) is 0 Å². The normalized spacial score (nSPS) is 14.7. The van der Waals surface area contributed by atoms with Crippen LogP contribution in [0.1, 0.15) is 18.4 Å². The van der Waals surface area contributed by atoms with Crippen LogP contribution in [0.2, 0.25) is 5.02 Å². The molecule has 26 heavy (non-hydrogen) atoms. The molecule has 2 N–H and O–H groups in total. The predicted octanol–water partition coefficient (Wildman–Crippen LogP) is 3.90. The SMILES string of the molecule is O=C(Nc1ccccc1)C1CCN(C(=O)NCc2cccc(Cl)c2)CC1. The van der Waals surface area contributed by atoms with Gasteiger partial charge < -0.3 is 15.5 Å². The van der Waals surface area contributed by atoms with Crippen molar-refractivity contribution in [2.45, 2.75) is 19.4 Å². The first-order valence-corrected chi connectivity index (χ1v) is 9.13. The largest absolute Gasteiger partial charge is 0.334 e. The molecule has 0 aromatic heterocycles. The number of rotatable bonds is 4. The minimum atomic E-state index is -0.105. The van der Waals surface area contributed by atoms with Gasteiger partial charge in [0.05, 0.1) is 0 Å². The number of likely N-dealkylation sites (tertiary alicyclic amines) is 1. The molecule has 0 atom stereocenters. The van der Waals surface area contributed by atoms with Gasteiger partial charge in [0.25, 0.3) is 0 Å². The second kappa shape index (κ2) is 8.72. The van der Waals surface area contributed by atoms with Gasteiger partial charge in [-0.2, -0.15) is 0 Å². The molecular formula is C20H22ClN3O2. The molecule has 1 aliphatic heterocycles. The van der Waals surface area contributed by atoms with Crippen LogP contribution in [0.3, 0.4) is 0 Å². The zero-order chi connectivity index (χ0) is 18.4. The maximum absolute atomic E-state index is 12.3. The smallest absolute Gasteiger partial charge is 0.317 e. The summed E-state index contributed by atoms with van der Waals surface area (Å²) in [7, 11) is 0. The minimum Gasteiger partial charge on any atom is -0.334 e. The third-order valence-electron chi connectivity index (χ3n) is 4.53. The van der Waals surface area contributed by atoms with Gasteiger partial charge in [0.1, 0.15) is 0 Å². The van der Waals surface area contributed by atoms with Crippen LogP contribution in [0.15, 0.2) is 54.6 Å². The Kier molecular flexibility index (Phi) is 6.12. The van der Waals surface area contributed by atoms with E-state index in [4.69, 9.17) is 11.6 Å². The Hall–Kier alpha value is -2.53. The summed E-state index contributed by atoms with van der Waals surface area (Å²) in [4.78, 5) is 26.4. The number of piperidine rings is 1. The van der Waals surface area contributed by atoms with E-state index in [1.165, 1.54) is 0 Å². The van der Waals surface area contributed by atoms with E-state index in [0.29, 0.717) is 37.5 Å². The summed E-state index contributed by atoms with van der Waals surface area (Å²) in [5.41, 5.74) is 1.77. The summed E-state index contributed by atoms with van der Waals surface area (Å²) < 4.78 is 0. The van der Waals surface area contributed by atoms with Crippen LogP contribution < -0.4 is 10.6 Å². The molecule has 3 rings (SSSR count). The highest BCUT2D eigenvalue weighted by atomic mass is 35.5. The highest BCUT2D eigenvalue weighted by molar-refractivity contribution is 6.30. The third-order valence-corrected chi connectivity index (χ3v) is 4.76. The third kappa shape index (κ3) is 4.99. The van der Waals surface area contributed by atoms with E-state index in [1.54, 1.807) is 11.0 Å². The fourth-order valence-corrected chi connectivity index (χ4v) is 3.26. The lowest BCUT2D eigenvalue weighted by Gasteiger charge is -2.31. The van der Waals surface area contributed by atoms with Crippen molar-refractivity contribution in [2.24, 2.45) is 5.92 Å². The number of amides is 3.